The highest BCUT2D eigenvalue weighted by Crippen LogP contribution is 2.30. The molecule has 8 heteroatoms. The number of nitrogens with one attached hydrogen (secondary N) is 1. The number of hydrogen-bond donors (Lipinski definition) is 1. The fourth-order valence-corrected chi connectivity index (χ4v) is 2.38. The van der Waals surface area contributed by atoms with Gasteiger partial charge in [-0.25, -0.2) is 4.98 Å². The lowest BCUT2D eigenvalue weighted by molar-refractivity contribution is -0.384. The molecule has 0 aliphatic rings. The average Bonchev–Trinajstić information content (AvgIpc) is 2.71. The van der Waals surface area contributed by atoms with Gasteiger partial charge in [-0.15, -0.1) is 0 Å². The van der Waals surface area contributed by atoms with Gasteiger partial charge in [0.2, 0.25) is 5.82 Å². The van der Waals surface area contributed by atoms with E-state index in [2.05, 4.69) is 31.4 Å². The van der Waals surface area contributed by atoms with E-state index in [4.69, 9.17) is 4.52 Å². The number of nitro groups is 1. The Hall–Kier alpha value is -1.96. The van der Waals surface area contributed by atoms with Crippen molar-refractivity contribution in [2.45, 2.75) is 26.8 Å². The number of halogens is 1. The molecule has 0 spiro atoms. The van der Waals surface area contributed by atoms with Crippen molar-refractivity contribution >= 4 is 27.4 Å². The number of aromatic nitrogens is 2. The third-order valence-electron chi connectivity index (χ3n) is 2.91. The van der Waals surface area contributed by atoms with Gasteiger partial charge in [-0.3, -0.25) is 10.1 Å². The summed E-state index contributed by atoms with van der Waals surface area (Å²) in [4.78, 5) is 14.6. The molecular weight excluding hydrogens is 328 g/mol. The molecule has 0 bridgehead atoms. The van der Waals surface area contributed by atoms with E-state index in [1.165, 1.54) is 12.3 Å². The zero-order chi connectivity index (χ0) is 14.9. The molecule has 1 atom stereocenters. The van der Waals surface area contributed by atoms with Crippen LogP contribution in [0.2, 0.25) is 0 Å². The van der Waals surface area contributed by atoms with Gasteiger partial charge in [0.15, 0.2) is 0 Å². The first-order chi connectivity index (χ1) is 9.40. The molecule has 1 unspecified atom stereocenters. The van der Waals surface area contributed by atoms with E-state index in [1.807, 2.05) is 13.8 Å². The van der Waals surface area contributed by atoms with Crippen LogP contribution in [0, 0.1) is 24.0 Å². The van der Waals surface area contributed by atoms with Crippen molar-refractivity contribution in [1.29, 1.82) is 0 Å². The van der Waals surface area contributed by atoms with Gasteiger partial charge in [0.05, 0.1) is 16.7 Å². The zero-order valence-electron chi connectivity index (χ0n) is 11.2. The SMILES string of the molecule is Cc1noc(C)c1C(C)Nc1ncc(Br)cc1[N+](=O)[O-]. The lowest BCUT2D eigenvalue weighted by Gasteiger charge is -2.14. The molecule has 106 valence electrons. The Kier molecular flexibility index (Phi) is 4.03. The lowest BCUT2D eigenvalue weighted by Crippen LogP contribution is -2.11. The van der Waals surface area contributed by atoms with Crippen molar-refractivity contribution in [2.75, 3.05) is 5.32 Å². The van der Waals surface area contributed by atoms with Crippen molar-refractivity contribution in [3.05, 3.63) is 43.9 Å². The van der Waals surface area contributed by atoms with E-state index in [1.54, 1.807) is 6.92 Å². The van der Waals surface area contributed by atoms with Gasteiger partial charge in [-0.1, -0.05) is 5.16 Å². The summed E-state index contributed by atoms with van der Waals surface area (Å²) in [5.41, 5.74) is 1.55. The van der Waals surface area contributed by atoms with Crippen LogP contribution in [0.5, 0.6) is 0 Å². The first kappa shape index (κ1) is 14.4. The normalized spacial score (nSPS) is 12.2. The molecule has 1 N–H and O–H groups in total. The van der Waals surface area contributed by atoms with Crippen LogP contribution < -0.4 is 5.32 Å². The molecule has 0 aliphatic carbocycles. The third-order valence-corrected chi connectivity index (χ3v) is 3.34. The number of rotatable bonds is 4. The summed E-state index contributed by atoms with van der Waals surface area (Å²) in [7, 11) is 0. The molecule has 2 aromatic rings. The van der Waals surface area contributed by atoms with Gasteiger partial charge < -0.3 is 9.84 Å². The van der Waals surface area contributed by atoms with E-state index in [0.29, 0.717) is 10.2 Å². The highest BCUT2D eigenvalue weighted by Gasteiger charge is 2.21. The average molecular weight is 341 g/mol. The second-order valence-electron chi connectivity index (χ2n) is 4.38. The number of pyridine rings is 1. The van der Waals surface area contributed by atoms with E-state index in [-0.39, 0.29) is 17.5 Å². The summed E-state index contributed by atoms with van der Waals surface area (Å²) >= 11 is 3.17. The van der Waals surface area contributed by atoms with Crippen LogP contribution in [0.4, 0.5) is 11.5 Å². The smallest absolute Gasteiger partial charge is 0.312 e. The summed E-state index contributed by atoms with van der Waals surface area (Å²) in [5.74, 6) is 0.896. The molecular formula is C12H13BrN4O3. The summed E-state index contributed by atoms with van der Waals surface area (Å²) in [6.45, 7) is 5.50. The third kappa shape index (κ3) is 2.79. The van der Waals surface area contributed by atoms with E-state index >= 15 is 0 Å². The van der Waals surface area contributed by atoms with Gasteiger partial charge >= 0.3 is 5.69 Å². The largest absolute Gasteiger partial charge is 0.361 e. The van der Waals surface area contributed by atoms with Gasteiger partial charge in [0, 0.05) is 22.3 Å². The van der Waals surface area contributed by atoms with Gasteiger partial charge in [-0.05, 0) is 36.7 Å². The summed E-state index contributed by atoms with van der Waals surface area (Å²) in [6, 6.07) is 1.21. The van der Waals surface area contributed by atoms with Crippen LogP contribution in [0.25, 0.3) is 0 Å². The maximum Gasteiger partial charge on any atom is 0.312 e. The lowest BCUT2D eigenvalue weighted by atomic mass is 10.1. The number of nitrogens with zero attached hydrogens (tertiary/aromatic N) is 3. The van der Waals surface area contributed by atoms with Crippen LogP contribution in [0.15, 0.2) is 21.3 Å². The minimum Gasteiger partial charge on any atom is -0.361 e. The Morgan fingerprint density at radius 2 is 2.20 bits per heavy atom. The minimum absolute atomic E-state index is 0.0852. The Morgan fingerprint density at radius 3 is 2.75 bits per heavy atom. The first-order valence-corrected chi connectivity index (χ1v) is 6.68. The van der Waals surface area contributed by atoms with E-state index < -0.39 is 4.92 Å². The molecule has 2 heterocycles. The molecule has 0 amide bonds. The summed E-state index contributed by atoms with van der Waals surface area (Å²) < 4.78 is 5.65. The van der Waals surface area contributed by atoms with Crippen molar-refractivity contribution in [3.8, 4) is 0 Å². The highest BCUT2D eigenvalue weighted by atomic mass is 79.9. The van der Waals surface area contributed by atoms with Crippen LogP contribution >= 0.6 is 15.9 Å². The summed E-state index contributed by atoms with van der Waals surface area (Å²) in [6.07, 6.45) is 1.51. The fraction of sp³-hybridized carbons (Fsp3) is 0.333. The summed E-state index contributed by atoms with van der Waals surface area (Å²) in [5, 5.41) is 18.0. The quantitative estimate of drug-likeness (QED) is 0.675. The van der Waals surface area contributed by atoms with Crippen LogP contribution in [0.3, 0.4) is 0 Å². The highest BCUT2D eigenvalue weighted by molar-refractivity contribution is 9.10. The van der Waals surface area contributed by atoms with E-state index in [0.717, 1.165) is 11.3 Å². The van der Waals surface area contributed by atoms with Crippen molar-refractivity contribution < 1.29 is 9.45 Å². The monoisotopic (exact) mass is 340 g/mol. The Bertz CT molecular complexity index is 637. The molecule has 0 aromatic carbocycles. The Labute approximate surface area is 123 Å². The van der Waals surface area contributed by atoms with Crippen LogP contribution in [0.1, 0.15) is 30.0 Å². The van der Waals surface area contributed by atoms with E-state index in [9.17, 15) is 10.1 Å². The minimum atomic E-state index is -0.472. The Balaban J connectivity index is 2.33. The number of hydrogen-bond acceptors (Lipinski definition) is 6. The predicted octanol–water partition coefficient (Wildman–Crippen LogP) is 3.53. The maximum absolute atomic E-state index is 11.0. The molecule has 0 saturated carbocycles. The first-order valence-electron chi connectivity index (χ1n) is 5.89. The molecule has 2 aromatic heterocycles. The molecule has 2 rings (SSSR count). The zero-order valence-corrected chi connectivity index (χ0v) is 12.8. The molecule has 0 fully saturated rings. The number of aryl methyl sites for hydroxylation is 2. The van der Waals surface area contributed by atoms with Gasteiger partial charge in [0.1, 0.15) is 5.76 Å². The molecule has 0 radical (unpaired) electrons. The maximum atomic E-state index is 11.0. The molecule has 7 nitrogen and oxygen atoms in total. The Morgan fingerprint density at radius 1 is 1.50 bits per heavy atom. The van der Waals surface area contributed by atoms with Crippen molar-refractivity contribution in [1.82, 2.24) is 10.1 Å². The molecule has 0 aliphatic heterocycles. The molecule has 20 heavy (non-hydrogen) atoms. The van der Waals surface area contributed by atoms with Gasteiger partial charge in [-0.2, -0.15) is 0 Å². The number of anilines is 1. The fourth-order valence-electron chi connectivity index (χ4n) is 2.06. The predicted molar refractivity (Wildman–Crippen MR) is 76.6 cm³/mol. The van der Waals surface area contributed by atoms with Crippen LogP contribution in [-0.2, 0) is 0 Å². The standard InChI is InChI=1S/C12H13BrN4O3/c1-6(11-7(2)16-20-8(11)3)15-12-10(17(18)19)4-9(13)5-14-12/h4-6H,1-3H3,(H,14,15). The topological polar surface area (TPSA) is 94.1 Å². The van der Waals surface area contributed by atoms with Crippen molar-refractivity contribution in [2.24, 2.45) is 0 Å². The van der Waals surface area contributed by atoms with Crippen molar-refractivity contribution in [3.63, 3.8) is 0 Å². The molecule has 0 saturated heterocycles. The van der Waals surface area contributed by atoms with Gasteiger partial charge in [0.25, 0.3) is 0 Å². The van der Waals surface area contributed by atoms with Crippen LogP contribution in [-0.4, -0.2) is 15.1 Å². The second kappa shape index (κ2) is 5.58. The second-order valence-corrected chi connectivity index (χ2v) is 5.30.